The Labute approximate surface area is 122 Å². The average molecular weight is 337 g/mol. The number of rotatable bonds is 7. The number of hydrogen-bond donors (Lipinski definition) is 2. The summed E-state index contributed by atoms with van der Waals surface area (Å²) in [4.78, 5) is 0. The topological polar surface area (TPSA) is 41.5 Å². The van der Waals surface area contributed by atoms with Crippen LogP contribution in [-0.2, 0) is 0 Å². The minimum absolute atomic E-state index is 0.199. The molecule has 1 aromatic carbocycles. The molecule has 0 aliphatic heterocycles. The highest BCUT2D eigenvalue weighted by molar-refractivity contribution is 9.10. The second kappa shape index (κ2) is 7.34. The third-order valence-corrected chi connectivity index (χ3v) is 3.15. The van der Waals surface area contributed by atoms with Crippen LogP contribution in [-0.4, -0.2) is 30.4 Å². The van der Waals surface area contributed by atoms with Crippen molar-refractivity contribution in [1.82, 2.24) is 5.32 Å². The largest absolute Gasteiger partial charge is 0.489 e. The van der Waals surface area contributed by atoms with E-state index in [-0.39, 0.29) is 6.61 Å². The molecular weight excluding hydrogens is 318 g/mol. The molecule has 0 bridgehead atoms. The molecule has 5 heteroatoms. The maximum Gasteiger partial charge on any atom is 0.138 e. The van der Waals surface area contributed by atoms with Gasteiger partial charge in [0, 0.05) is 11.0 Å². The van der Waals surface area contributed by atoms with Gasteiger partial charge in [-0.2, -0.15) is 0 Å². The summed E-state index contributed by atoms with van der Waals surface area (Å²) in [6, 6.07) is 5.40. The zero-order chi connectivity index (χ0) is 13.6. The first-order valence-corrected chi connectivity index (χ1v) is 7.12. The lowest BCUT2D eigenvalue weighted by Crippen LogP contribution is -2.43. The second-order valence-electron chi connectivity index (χ2n) is 4.54. The van der Waals surface area contributed by atoms with E-state index in [0.717, 1.165) is 17.4 Å². The lowest BCUT2D eigenvalue weighted by Gasteiger charge is -2.24. The van der Waals surface area contributed by atoms with Gasteiger partial charge in [-0.05, 0) is 38.1 Å². The Hall–Kier alpha value is -0.290. The Balaban J connectivity index is 2.48. The zero-order valence-corrected chi connectivity index (χ0v) is 13.0. The first-order chi connectivity index (χ1) is 8.44. The van der Waals surface area contributed by atoms with Gasteiger partial charge < -0.3 is 15.2 Å². The van der Waals surface area contributed by atoms with Crippen molar-refractivity contribution in [2.75, 3.05) is 19.7 Å². The van der Waals surface area contributed by atoms with E-state index >= 15 is 0 Å². The summed E-state index contributed by atoms with van der Waals surface area (Å²) in [6.07, 6.45) is 1.04. The van der Waals surface area contributed by atoms with Crippen molar-refractivity contribution in [2.24, 2.45) is 0 Å². The summed E-state index contributed by atoms with van der Waals surface area (Å²) >= 11 is 9.36. The molecule has 1 rings (SSSR count). The molecule has 0 aliphatic carbocycles. The van der Waals surface area contributed by atoms with E-state index in [9.17, 15) is 5.11 Å². The van der Waals surface area contributed by atoms with Gasteiger partial charge in [0.2, 0.25) is 0 Å². The number of benzene rings is 1. The van der Waals surface area contributed by atoms with Crippen LogP contribution in [0.1, 0.15) is 20.3 Å². The summed E-state index contributed by atoms with van der Waals surface area (Å²) in [5.74, 6) is 0.579. The van der Waals surface area contributed by atoms with Crippen molar-refractivity contribution in [3.63, 3.8) is 0 Å². The van der Waals surface area contributed by atoms with Crippen LogP contribution in [0.15, 0.2) is 22.7 Å². The van der Waals surface area contributed by atoms with Gasteiger partial charge in [-0.3, -0.25) is 0 Å². The summed E-state index contributed by atoms with van der Waals surface area (Å²) in [6.45, 7) is 5.40. The molecule has 0 spiro atoms. The van der Waals surface area contributed by atoms with Gasteiger partial charge in [-0.15, -0.1) is 0 Å². The number of hydrogen-bond acceptors (Lipinski definition) is 3. The quantitative estimate of drug-likeness (QED) is 0.751. The van der Waals surface area contributed by atoms with E-state index in [4.69, 9.17) is 16.3 Å². The van der Waals surface area contributed by atoms with E-state index in [0.29, 0.717) is 17.3 Å². The highest BCUT2D eigenvalue weighted by atomic mass is 79.9. The van der Waals surface area contributed by atoms with Crippen LogP contribution in [0.2, 0.25) is 5.02 Å². The fourth-order valence-corrected chi connectivity index (χ4v) is 2.14. The standard InChI is InChI=1S/C13H19BrClNO2/c1-3-6-16-8-13(2,17)9-18-12-5-4-10(14)7-11(12)15/h4-5,7,16-17H,3,6,8-9H2,1-2H3. The smallest absolute Gasteiger partial charge is 0.138 e. The highest BCUT2D eigenvalue weighted by Gasteiger charge is 2.21. The van der Waals surface area contributed by atoms with Crippen molar-refractivity contribution < 1.29 is 9.84 Å². The second-order valence-corrected chi connectivity index (χ2v) is 5.86. The molecule has 18 heavy (non-hydrogen) atoms. The first kappa shape index (κ1) is 15.8. The SMILES string of the molecule is CCCNCC(C)(O)COc1ccc(Br)cc1Cl. The molecule has 3 nitrogen and oxygen atoms in total. The normalized spacial score (nSPS) is 14.3. The van der Waals surface area contributed by atoms with Crippen LogP contribution in [0.5, 0.6) is 5.75 Å². The van der Waals surface area contributed by atoms with Crippen LogP contribution in [0.25, 0.3) is 0 Å². The molecule has 2 N–H and O–H groups in total. The van der Waals surface area contributed by atoms with Crippen molar-refractivity contribution >= 4 is 27.5 Å². The van der Waals surface area contributed by atoms with Gasteiger partial charge in [-0.1, -0.05) is 34.5 Å². The van der Waals surface area contributed by atoms with E-state index < -0.39 is 5.60 Å². The molecule has 1 atom stereocenters. The van der Waals surface area contributed by atoms with Crippen molar-refractivity contribution in [3.05, 3.63) is 27.7 Å². The van der Waals surface area contributed by atoms with Gasteiger partial charge in [-0.25, -0.2) is 0 Å². The maximum absolute atomic E-state index is 10.1. The molecule has 0 heterocycles. The third kappa shape index (κ3) is 5.57. The molecular formula is C13H19BrClNO2. The van der Waals surface area contributed by atoms with Gasteiger partial charge in [0.05, 0.1) is 5.02 Å². The van der Waals surface area contributed by atoms with Crippen molar-refractivity contribution in [2.45, 2.75) is 25.9 Å². The number of aliphatic hydroxyl groups is 1. The summed E-state index contributed by atoms with van der Waals surface area (Å²) < 4.78 is 6.44. The fourth-order valence-electron chi connectivity index (χ4n) is 1.41. The average Bonchev–Trinajstić information content (AvgIpc) is 2.28. The molecule has 0 aromatic heterocycles. The Kier molecular flexibility index (Phi) is 6.43. The van der Waals surface area contributed by atoms with Gasteiger partial charge in [0.1, 0.15) is 18.0 Å². The lowest BCUT2D eigenvalue weighted by atomic mass is 10.1. The monoisotopic (exact) mass is 335 g/mol. The number of nitrogens with one attached hydrogen (secondary N) is 1. The minimum atomic E-state index is -0.911. The van der Waals surface area contributed by atoms with Crippen LogP contribution in [0.3, 0.4) is 0 Å². The lowest BCUT2D eigenvalue weighted by molar-refractivity contribution is 0.0125. The molecule has 0 radical (unpaired) electrons. The zero-order valence-electron chi connectivity index (χ0n) is 10.7. The fraction of sp³-hybridized carbons (Fsp3) is 0.538. The van der Waals surface area contributed by atoms with Crippen LogP contribution in [0, 0.1) is 0 Å². The Morgan fingerprint density at radius 1 is 1.50 bits per heavy atom. The molecule has 0 amide bonds. The molecule has 0 fully saturated rings. The van der Waals surface area contributed by atoms with Gasteiger partial charge >= 0.3 is 0 Å². The van der Waals surface area contributed by atoms with E-state index in [1.807, 2.05) is 6.07 Å². The molecule has 1 unspecified atom stereocenters. The Morgan fingerprint density at radius 2 is 2.22 bits per heavy atom. The molecule has 1 aromatic rings. The van der Waals surface area contributed by atoms with Gasteiger partial charge in [0.15, 0.2) is 0 Å². The van der Waals surface area contributed by atoms with Gasteiger partial charge in [0.25, 0.3) is 0 Å². The molecule has 0 saturated carbocycles. The van der Waals surface area contributed by atoms with E-state index in [1.54, 1.807) is 19.1 Å². The summed E-state index contributed by atoms with van der Waals surface area (Å²) in [5.41, 5.74) is -0.911. The van der Waals surface area contributed by atoms with Crippen LogP contribution in [0.4, 0.5) is 0 Å². The Bertz CT molecular complexity index is 385. The molecule has 102 valence electrons. The third-order valence-electron chi connectivity index (χ3n) is 2.37. The predicted octanol–water partition coefficient (Wildman–Crippen LogP) is 3.23. The first-order valence-electron chi connectivity index (χ1n) is 5.95. The van der Waals surface area contributed by atoms with E-state index in [1.165, 1.54) is 0 Å². The van der Waals surface area contributed by atoms with Crippen molar-refractivity contribution in [1.29, 1.82) is 0 Å². The van der Waals surface area contributed by atoms with E-state index in [2.05, 4.69) is 28.2 Å². The molecule has 0 saturated heterocycles. The highest BCUT2D eigenvalue weighted by Crippen LogP contribution is 2.28. The molecule has 0 aliphatic rings. The number of ether oxygens (including phenoxy) is 1. The predicted molar refractivity (Wildman–Crippen MR) is 78.4 cm³/mol. The Morgan fingerprint density at radius 3 is 2.83 bits per heavy atom. The van der Waals surface area contributed by atoms with Crippen LogP contribution < -0.4 is 10.1 Å². The summed E-state index contributed by atoms with van der Waals surface area (Å²) in [7, 11) is 0. The number of halogens is 2. The van der Waals surface area contributed by atoms with Crippen LogP contribution >= 0.6 is 27.5 Å². The summed E-state index contributed by atoms with van der Waals surface area (Å²) in [5, 5.41) is 13.8. The maximum atomic E-state index is 10.1. The van der Waals surface area contributed by atoms with Crippen molar-refractivity contribution in [3.8, 4) is 5.75 Å². The minimum Gasteiger partial charge on any atom is -0.489 e.